The number of hydrogen-bond donors (Lipinski definition) is 0. The molecule has 0 saturated heterocycles. The van der Waals surface area contributed by atoms with Crippen LogP contribution in [0.15, 0.2) is 46.6 Å². The van der Waals surface area contributed by atoms with Crippen LogP contribution >= 0.6 is 11.3 Å². The van der Waals surface area contributed by atoms with Crippen LogP contribution in [-0.2, 0) is 24.4 Å². The van der Waals surface area contributed by atoms with Crippen molar-refractivity contribution in [2.75, 3.05) is 7.05 Å². The van der Waals surface area contributed by atoms with Crippen molar-refractivity contribution in [1.29, 1.82) is 0 Å². The highest BCUT2D eigenvalue weighted by Crippen LogP contribution is 2.15. The lowest BCUT2D eigenvalue weighted by Gasteiger charge is -2.16. The molecule has 0 aliphatic rings. The van der Waals surface area contributed by atoms with E-state index in [0.717, 1.165) is 22.3 Å². The second-order valence-corrected chi connectivity index (χ2v) is 6.87. The number of aryl methyl sites for hydroxylation is 1. The molecular formula is C18H21N3O2S. The number of likely N-dealkylation sites (N-methyl/N-ethyl adjacent to an activating group) is 1. The van der Waals surface area contributed by atoms with Gasteiger partial charge in [-0.05, 0) is 30.0 Å². The Morgan fingerprint density at radius 2 is 1.83 bits per heavy atom. The van der Waals surface area contributed by atoms with Crippen LogP contribution in [-0.4, -0.2) is 27.0 Å². The van der Waals surface area contributed by atoms with Crippen LogP contribution in [0.5, 0.6) is 0 Å². The van der Waals surface area contributed by atoms with Gasteiger partial charge in [0.2, 0.25) is 5.91 Å². The van der Waals surface area contributed by atoms with Gasteiger partial charge < -0.3 is 4.90 Å². The zero-order chi connectivity index (χ0) is 17.1. The third-order valence-electron chi connectivity index (χ3n) is 4.06. The van der Waals surface area contributed by atoms with Crippen molar-refractivity contribution in [2.45, 2.75) is 33.0 Å². The number of carbonyl (C=O) groups excluding carboxylic acids is 1. The smallest absolute Gasteiger partial charge is 0.329 e. The Bertz CT molecular complexity index is 893. The maximum absolute atomic E-state index is 12.7. The molecule has 24 heavy (non-hydrogen) atoms. The van der Waals surface area contributed by atoms with Crippen molar-refractivity contribution < 1.29 is 4.79 Å². The zero-order valence-corrected chi connectivity index (χ0v) is 14.8. The SMILES string of the molecule is CCCn1c(=O)n(CC(=O)N(C)Cc2cccs2)c2ccccc21. The summed E-state index contributed by atoms with van der Waals surface area (Å²) >= 11 is 1.62. The molecular weight excluding hydrogens is 322 g/mol. The number of amides is 1. The summed E-state index contributed by atoms with van der Waals surface area (Å²) in [5.74, 6) is -0.0649. The number of hydrogen-bond acceptors (Lipinski definition) is 3. The van der Waals surface area contributed by atoms with Gasteiger partial charge in [0.1, 0.15) is 6.54 Å². The van der Waals surface area contributed by atoms with E-state index in [0.29, 0.717) is 13.1 Å². The molecule has 6 heteroatoms. The van der Waals surface area contributed by atoms with Crippen LogP contribution in [0.1, 0.15) is 18.2 Å². The van der Waals surface area contributed by atoms with E-state index in [1.54, 1.807) is 32.4 Å². The van der Waals surface area contributed by atoms with Gasteiger partial charge in [-0.25, -0.2) is 4.79 Å². The standard InChI is InChI=1S/C18H21N3O2S/c1-3-10-20-15-8-4-5-9-16(15)21(18(20)23)13-17(22)19(2)12-14-7-6-11-24-14/h4-9,11H,3,10,12-13H2,1-2H3. The maximum atomic E-state index is 12.7. The minimum absolute atomic E-state index is 0.0649. The summed E-state index contributed by atoms with van der Waals surface area (Å²) in [6, 6.07) is 11.6. The number of para-hydroxylation sites is 2. The third-order valence-corrected chi connectivity index (χ3v) is 4.93. The molecule has 0 fully saturated rings. The largest absolute Gasteiger partial charge is 0.339 e. The highest BCUT2D eigenvalue weighted by molar-refractivity contribution is 7.09. The Kier molecular flexibility index (Phi) is 4.85. The molecule has 0 spiro atoms. The first-order valence-corrected chi connectivity index (χ1v) is 8.94. The fraction of sp³-hybridized carbons (Fsp3) is 0.333. The Morgan fingerprint density at radius 1 is 1.12 bits per heavy atom. The first-order chi connectivity index (χ1) is 11.6. The fourth-order valence-electron chi connectivity index (χ4n) is 2.85. The molecule has 5 nitrogen and oxygen atoms in total. The number of nitrogens with zero attached hydrogens (tertiary/aromatic N) is 3. The van der Waals surface area contributed by atoms with Crippen molar-refractivity contribution in [3.8, 4) is 0 Å². The van der Waals surface area contributed by atoms with Crippen LogP contribution < -0.4 is 5.69 Å². The summed E-state index contributed by atoms with van der Waals surface area (Å²) < 4.78 is 3.33. The molecule has 0 unspecified atom stereocenters. The van der Waals surface area contributed by atoms with Gasteiger partial charge in [-0.1, -0.05) is 25.1 Å². The molecule has 1 amide bonds. The van der Waals surface area contributed by atoms with Crippen LogP contribution in [0.3, 0.4) is 0 Å². The van der Waals surface area contributed by atoms with Crippen LogP contribution in [0.25, 0.3) is 11.0 Å². The minimum Gasteiger partial charge on any atom is -0.339 e. The van der Waals surface area contributed by atoms with E-state index >= 15 is 0 Å². The molecule has 0 radical (unpaired) electrons. The molecule has 0 saturated carbocycles. The molecule has 2 heterocycles. The van der Waals surface area contributed by atoms with Gasteiger partial charge in [0.05, 0.1) is 17.6 Å². The van der Waals surface area contributed by atoms with Gasteiger partial charge in [-0.15, -0.1) is 11.3 Å². The molecule has 0 aliphatic heterocycles. The predicted molar refractivity (Wildman–Crippen MR) is 97.3 cm³/mol. The Labute approximate surface area is 144 Å². The van der Waals surface area contributed by atoms with E-state index in [2.05, 4.69) is 0 Å². The average Bonchev–Trinajstić information content (AvgIpc) is 3.17. The number of aromatic nitrogens is 2. The Hall–Kier alpha value is -2.34. The number of fused-ring (bicyclic) bond motifs is 1. The van der Waals surface area contributed by atoms with Crippen molar-refractivity contribution in [1.82, 2.24) is 14.0 Å². The highest BCUT2D eigenvalue weighted by Gasteiger charge is 2.17. The monoisotopic (exact) mass is 343 g/mol. The summed E-state index contributed by atoms with van der Waals surface area (Å²) in [4.78, 5) is 28.1. The van der Waals surface area contributed by atoms with Gasteiger partial charge >= 0.3 is 5.69 Å². The van der Waals surface area contributed by atoms with E-state index < -0.39 is 0 Å². The number of imidazole rings is 1. The van der Waals surface area contributed by atoms with Crippen LogP contribution in [0.2, 0.25) is 0 Å². The molecule has 3 rings (SSSR count). The van der Waals surface area contributed by atoms with Gasteiger partial charge in [0.15, 0.2) is 0 Å². The number of carbonyl (C=O) groups is 1. The van der Waals surface area contributed by atoms with E-state index in [4.69, 9.17) is 0 Å². The van der Waals surface area contributed by atoms with Crippen LogP contribution in [0.4, 0.5) is 0 Å². The van der Waals surface area contributed by atoms with Gasteiger partial charge in [-0.2, -0.15) is 0 Å². The number of thiophene rings is 1. The van der Waals surface area contributed by atoms with Crippen molar-refractivity contribution in [3.05, 3.63) is 57.1 Å². The second-order valence-electron chi connectivity index (χ2n) is 5.84. The van der Waals surface area contributed by atoms with E-state index in [1.165, 1.54) is 0 Å². The maximum Gasteiger partial charge on any atom is 0.329 e. The molecule has 0 atom stereocenters. The average molecular weight is 343 g/mol. The number of rotatable bonds is 6. The second kappa shape index (κ2) is 7.05. The lowest BCUT2D eigenvalue weighted by atomic mass is 10.3. The summed E-state index contributed by atoms with van der Waals surface area (Å²) in [5.41, 5.74) is 1.59. The summed E-state index contributed by atoms with van der Waals surface area (Å²) in [6.07, 6.45) is 0.875. The summed E-state index contributed by atoms with van der Waals surface area (Å²) in [7, 11) is 1.78. The zero-order valence-electron chi connectivity index (χ0n) is 13.9. The third kappa shape index (κ3) is 3.14. The topological polar surface area (TPSA) is 47.2 Å². The van der Waals surface area contributed by atoms with Gasteiger partial charge in [0, 0.05) is 18.5 Å². The summed E-state index contributed by atoms with van der Waals surface area (Å²) in [5, 5.41) is 2.00. The van der Waals surface area contributed by atoms with E-state index in [9.17, 15) is 9.59 Å². The fourth-order valence-corrected chi connectivity index (χ4v) is 3.60. The number of benzene rings is 1. The molecule has 2 aromatic heterocycles. The van der Waals surface area contributed by atoms with E-state index in [1.807, 2.05) is 48.7 Å². The predicted octanol–water partition coefficient (Wildman–Crippen LogP) is 2.93. The van der Waals surface area contributed by atoms with Gasteiger partial charge in [0.25, 0.3) is 0 Å². The van der Waals surface area contributed by atoms with E-state index in [-0.39, 0.29) is 18.1 Å². The quantitative estimate of drug-likeness (QED) is 0.691. The van der Waals surface area contributed by atoms with Crippen molar-refractivity contribution >= 4 is 28.3 Å². The highest BCUT2D eigenvalue weighted by atomic mass is 32.1. The van der Waals surface area contributed by atoms with Gasteiger partial charge in [-0.3, -0.25) is 13.9 Å². The van der Waals surface area contributed by atoms with Crippen molar-refractivity contribution in [2.24, 2.45) is 0 Å². The minimum atomic E-state index is -0.115. The molecule has 1 aromatic carbocycles. The lowest BCUT2D eigenvalue weighted by molar-refractivity contribution is -0.131. The molecule has 126 valence electrons. The summed E-state index contributed by atoms with van der Waals surface area (Å²) in [6.45, 7) is 3.33. The normalized spacial score (nSPS) is 11.1. The molecule has 0 aliphatic carbocycles. The van der Waals surface area contributed by atoms with Crippen LogP contribution in [0, 0.1) is 0 Å². The molecule has 3 aromatic rings. The van der Waals surface area contributed by atoms with Crippen molar-refractivity contribution in [3.63, 3.8) is 0 Å². The molecule has 0 bridgehead atoms. The first-order valence-electron chi connectivity index (χ1n) is 8.06. The Morgan fingerprint density at radius 3 is 2.46 bits per heavy atom. The Balaban J connectivity index is 1.88. The lowest BCUT2D eigenvalue weighted by Crippen LogP contribution is -2.34. The molecule has 0 N–H and O–H groups in total. The first kappa shape index (κ1) is 16.5.